The summed E-state index contributed by atoms with van der Waals surface area (Å²) in [5, 5.41) is 0. The van der Waals surface area contributed by atoms with Crippen LogP contribution >= 0.6 is 0 Å². The zero-order chi connectivity index (χ0) is 19.1. The Morgan fingerprint density at radius 2 is 1.46 bits per heavy atom. The number of hydrogen-bond acceptors (Lipinski definition) is 5. The first-order valence-electron chi connectivity index (χ1n) is 7.91. The summed E-state index contributed by atoms with van der Waals surface area (Å²) in [5.41, 5.74) is 0. The largest absolute Gasteiger partial charge is 0.283 e. The molecule has 3 rings (SSSR count). The number of hydrogen-bond donors (Lipinski definition) is 0. The molecule has 26 heavy (non-hydrogen) atoms. The Hall–Kier alpha value is -1.98. The van der Waals surface area contributed by atoms with Gasteiger partial charge in [-0.05, 0) is 12.1 Å². The van der Waals surface area contributed by atoms with Crippen molar-refractivity contribution in [3.05, 3.63) is 29.6 Å². The molecule has 2 heterocycles. The molecule has 0 N–H and O–H groups in total. The van der Waals surface area contributed by atoms with Crippen LogP contribution in [0.2, 0.25) is 0 Å². The fourth-order valence-corrected chi connectivity index (χ4v) is 4.42. The summed E-state index contributed by atoms with van der Waals surface area (Å²) in [6, 6.07) is 1.25. The van der Waals surface area contributed by atoms with Crippen molar-refractivity contribution >= 4 is 21.8 Å². The maximum atomic E-state index is 13.8. The minimum atomic E-state index is -4.33. The Kier molecular flexibility index (Phi) is 5.04. The van der Waals surface area contributed by atoms with E-state index < -0.39 is 32.4 Å². The molecule has 11 heteroatoms. The predicted molar refractivity (Wildman–Crippen MR) is 82.6 cm³/mol. The lowest BCUT2D eigenvalue weighted by Gasteiger charge is -2.35. The number of sulfonamides is 1. The van der Waals surface area contributed by atoms with E-state index in [9.17, 15) is 31.2 Å². The highest BCUT2D eigenvalue weighted by molar-refractivity contribution is 7.89. The van der Waals surface area contributed by atoms with Gasteiger partial charge in [-0.1, -0.05) is 0 Å². The third-order valence-electron chi connectivity index (χ3n) is 4.45. The van der Waals surface area contributed by atoms with Crippen molar-refractivity contribution in [1.29, 1.82) is 0 Å². The Morgan fingerprint density at radius 3 is 2.04 bits per heavy atom. The van der Waals surface area contributed by atoms with Gasteiger partial charge >= 0.3 is 0 Å². The molecule has 2 aliphatic rings. The van der Waals surface area contributed by atoms with E-state index in [4.69, 9.17) is 0 Å². The second-order valence-electron chi connectivity index (χ2n) is 6.05. The lowest BCUT2D eigenvalue weighted by molar-refractivity contribution is -0.141. The van der Waals surface area contributed by atoms with Gasteiger partial charge in [-0.25, -0.2) is 21.6 Å². The van der Waals surface area contributed by atoms with Crippen molar-refractivity contribution in [2.75, 3.05) is 32.8 Å². The van der Waals surface area contributed by atoms with Crippen molar-refractivity contribution < 1.29 is 31.2 Å². The minimum absolute atomic E-state index is 0.0308. The number of halogens is 3. The molecule has 0 atom stereocenters. The van der Waals surface area contributed by atoms with Crippen LogP contribution in [0, 0.1) is 17.5 Å². The Balaban J connectivity index is 1.68. The molecule has 2 fully saturated rings. The van der Waals surface area contributed by atoms with Crippen molar-refractivity contribution in [1.82, 2.24) is 14.1 Å². The van der Waals surface area contributed by atoms with Gasteiger partial charge in [0.1, 0.15) is 4.90 Å². The number of amides is 2. The molecule has 0 unspecified atom stereocenters. The van der Waals surface area contributed by atoms with Crippen molar-refractivity contribution in [2.24, 2.45) is 0 Å². The highest BCUT2D eigenvalue weighted by Crippen LogP contribution is 2.24. The average Bonchev–Trinajstić information content (AvgIpc) is 2.92. The molecule has 2 saturated heterocycles. The fourth-order valence-electron chi connectivity index (χ4n) is 2.94. The van der Waals surface area contributed by atoms with Gasteiger partial charge in [-0.15, -0.1) is 0 Å². The van der Waals surface area contributed by atoms with Gasteiger partial charge in [-0.2, -0.15) is 4.31 Å². The molecule has 1 aromatic carbocycles. The van der Waals surface area contributed by atoms with Crippen LogP contribution in [-0.2, 0) is 19.6 Å². The molecular formula is C15H16F3N3O4S. The van der Waals surface area contributed by atoms with Crippen LogP contribution in [0.3, 0.4) is 0 Å². The van der Waals surface area contributed by atoms with Crippen LogP contribution in [0.15, 0.2) is 17.0 Å². The molecular weight excluding hydrogens is 375 g/mol. The summed E-state index contributed by atoms with van der Waals surface area (Å²) in [7, 11) is -4.33. The van der Waals surface area contributed by atoms with Crippen LogP contribution in [0.4, 0.5) is 13.2 Å². The Labute approximate surface area is 148 Å². The molecule has 2 amide bonds. The third kappa shape index (κ3) is 3.33. The monoisotopic (exact) mass is 391 g/mol. The van der Waals surface area contributed by atoms with E-state index in [1.165, 1.54) is 0 Å². The first kappa shape index (κ1) is 18.8. The summed E-state index contributed by atoms with van der Waals surface area (Å²) in [6.45, 7) is 0.433. The Bertz CT molecular complexity index is 838. The first-order valence-corrected chi connectivity index (χ1v) is 9.35. The number of imide groups is 1. The molecule has 2 aliphatic heterocycles. The number of carbonyl (C=O) groups is 2. The topological polar surface area (TPSA) is 78.0 Å². The summed E-state index contributed by atoms with van der Waals surface area (Å²) >= 11 is 0. The van der Waals surface area contributed by atoms with Crippen LogP contribution in [-0.4, -0.2) is 67.2 Å². The highest BCUT2D eigenvalue weighted by Gasteiger charge is 2.35. The zero-order valence-electron chi connectivity index (χ0n) is 13.6. The van der Waals surface area contributed by atoms with E-state index in [-0.39, 0.29) is 57.5 Å². The molecule has 1 aromatic rings. The van der Waals surface area contributed by atoms with Gasteiger partial charge in [0.15, 0.2) is 17.5 Å². The van der Waals surface area contributed by atoms with E-state index in [1.807, 2.05) is 0 Å². The number of likely N-dealkylation sites (tertiary alicyclic amines) is 1. The van der Waals surface area contributed by atoms with Crippen molar-refractivity contribution in [3.63, 3.8) is 0 Å². The van der Waals surface area contributed by atoms with Gasteiger partial charge in [0, 0.05) is 39.0 Å². The smallest absolute Gasteiger partial charge is 0.246 e. The summed E-state index contributed by atoms with van der Waals surface area (Å²) in [4.78, 5) is 25.2. The third-order valence-corrected chi connectivity index (χ3v) is 6.36. The highest BCUT2D eigenvalue weighted by atomic mass is 32.2. The van der Waals surface area contributed by atoms with E-state index >= 15 is 0 Å². The van der Waals surface area contributed by atoms with Crippen LogP contribution in [0.5, 0.6) is 0 Å². The normalized spacial score (nSPS) is 20.2. The lowest BCUT2D eigenvalue weighted by atomic mass is 10.3. The predicted octanol–water partition coefficient (Wildman–Crippen LogP) is 0.517. The molecule has 0 spiro atoms. The molecule has 0 radical (unpaired) electrons. The molecule has 0 bridgehead atoms. The summed E-state index contributed by atoms with van der Waals surface area (Å²) < 4.78 is 66.1. The van der Waals surface area contributed by atoms with E-state index in [0.29, 0.717) is 12.1 Å². The number of benzene rings is 1. The summed E-state index contributed by atoms with van der Waals surface area (Å²) in [5.74, 6) is -5.59. The van der Waals surface area contributed by atoms with E-state index in [0.717, 1.165) is 9.21 Å². The van der Waals surface area contributed by atoms with Gasteiger partial charge in [0.25, 0.3) is 0 Å². The van der Waals surface area contributed by atoms with Crippen LogP contribution in [0.1, 0.15) is 12.8 Å². The Morgan fingerprint density at radius 1 is 0.885 bits per heavy atom. The summed E-state index contributed by atoms with van der Waals surface area (Å²) in [6.07, 6.45) is 0.338. The lowest BCUT2D eigenvalue weighted by Crippen LogP contribution is -2.52. The van der Waals surface area contributed by atoms with E-state index in [2.05, 4.69) is 0 Å². The average molecular weight is 391 g/mol. The zero-order valence-corrected chi connectivity index (χ0v) is 14.4. The fraction of sp³-hybridized carbons (Fsp3) is 0.467. The van der Waals surface area contributed by atoms with Gasteiger partial charge in [0.2, 0.25) is 21.8 Å². The molecule has 142 valence electrons. The van der Waals surface area contributed by atoms with Crippen LogP contribution < -0.4 is 0 Å². The quantitative estimate of drug-likeness (QED) is 0.552. The standard InChI is InChI=1S/C15H16F3N3O4S/c16-10-1-2-11(15(18)14(10)17)26(24,25)20-7-5-19(6-8-20)9-21-12(22)3-4-13(21)23/h1-2H,3-9H2. The number of nitrogens with zero attached hydrogens (tertiary/aromatic N) is 3. The van der Waals surface area contributed by atoms with Gasteiger partial charge in [0.05, 0.1) is 6.67 Å². The SMILES string of the molecule is O=C1CCC(=O)N1CN1CCN(S(=O)(=O)c2ccc(F)c(F)c2F)CC1. The van der Waals surface area contributed by atoms with Crippen molar-refractivity contribution in [3.8, 4) is 0 Å². The minimum Gasteiger partial charge on any atom is -0.283 e. The molecule has 0 aliphatic carbocycles. The molecule has 0 saturated carbocycles. The van der Waals surface area contributed by atoms with Gasteiger partial charge < -0.3 is 0 Å². The van der Waals surface area contributed by atoms with Gasteiger partial charge in [-0.3, -0.25) is 19.4 Å². The number of piperazine rings is 1. The van der Waals surface area contributed by atoms with Crippen LogP contribution in [0.25, 0.3) is 0 Å². The second-order valence-corrected chi connectivity index (χ2v) is 7.96. The maximum absolute atomic E-state index is 13.8. The molecule has 0 aromatic heterocycles. The molecule has 7 nitrogen and oxygen atoms in total. The number of rotatable bonds is 4. The van der Waals surface area contributed by atoms with E-state index in [1.54, 1.807) is 4.90 Å². The number of carbonyl (C=O) groups excluding carboxylic acids is 2. The first-order chi connectivity index (χ1) is 12.2. The maximum Gasteiger partial charge on any atom is 0.246 e. The van der Waals surface area contributed by atoms with Crippen molar-refractivity contribution in [2.45, 2.75) is 17.7 Å². The second kappa shape index (κ2) is 6.97.